The molecule has 10 aromatic rings. The Morgan fingerprint density at radius 2 is 0.776 bits per heavy atom. The van der Waals surface area contributed by atoms with Crippen LogP contribution in [0.25, 0.3) is 49.7 Å². The van der Waals surface area contributed by atoms with Crippen molar-refractivity contribution < 1.29 is 0 Å². The first-order valence-electron chi connectivity index (χ1n) is 20.0. The van der Waals surface area contributed by atoms with Crippen LogP contribution in [0.3, 0.4) is 0 Å². The van der Waals surface area contributed by atoms with Crippen molar-refractivity contribution >= 4 is 55.9 Å². The third-order valence-corrected chi connectivity index (χ3v) is 11.6. The van der Waals surface area contributed by atoms with Gasteiger partial charge in [0.2, 0.25) is 0 Å². The van der Waals surface area contributed by atoms with Gasteiger partial charge in [0.05, 0.1) is 11.0 Å². The summed E-state index contributed by atoms with van der Waals surface area (Å²) in [5.41, 5.74) is 18.0. The van der Waals surface area contributed by atoms with E-state index in [1.54, 1.807) is 0 Å². The molecule has 0 saturated carbocycles. The number of anilines is 6. The van der Waals surface area contributed by atoms with E-state index in [0.717, 1.165) is 46.2 Å². The molecular formula is C55H39N3. The third-order valence-electron chi connectivity index (χ3n) is 11.6. The Morgan fingerprint density at radius 3 is 1.45 bits per heavy atom. The largest absolute Gasteiger partial charge is 0.311 e. The number of benzene rings is 9. The van der Waals surface area contributed by atoms with Gasteiger partial charge in [0, 0.05) is 50.6 Å². The Hall–Kier alpha value is -7.62. The highest BCUT2D eigenvalue weighted by molar-refractivity contribution is 6.10. The van der Waals surface area contributed by atoms with Crippen LogP contribution in [0.1, 0.15) is 11.1 Å². The highest BCUT2D eigenvalue weighted by atomic mass is 15.1. The molecule has 0 N–H and O–H groups in total. The van der Waals surface area contributed by atoms with Crippen molar-refractivity contribution in [1.29, 1.82) is 0 Å². The van der Waals surface area contributed by atoms with E-state index in [4.69, 9.17) is 0 Å². The molecule has 3 nitrogen and oxygen atoms in total. The van der Waals surface area contributed by atoms with Crippen LogP contribution in [0.5, 0.6) is 0 Å². The molecule has 0 radical (unpaired) electrons. The van der Waals surface area contributed by atoms with E-state index in [1.807, 2.05) is 0 Å². The van der Waals surface area contributed by atoms with Gasteiger partial charge in [-0.25, -0.2) is 0 Å². The molecule has 11 rings (SSSR count). The fourth-order valence-electron chi connectivity index (χ4n) is 8.88. The number of rotatable bonds is 8. The van der Waals surface area contributed by atoms with Crippen LogP contribution in [0.2, 0.25) is 0 Å². The summed E-state index contributed by atoms with van der Waals surface area (Å²) < 4.78 is 2.40. The molecule has 1 heterocycles. The topological polar surface area (TPSA) is 11.4 Å². The van der Waals surface area contributed by atoms with Gasteiger partial charge in [0.25, 0.3) is 0 Å². The van der Waals surface area contributed by atoms with Gasteiger partial charge in [-0.15, -0.1) is 0 Å². The second-order valence-electron chi connectivity index (χ2n) is 15.0. The molecular weight excluding hydrogens is 703 g/mol. The molecule has 0 atom stereocenters. The molecule has 0 unspecified atom stereocenters. The van der Waals surface area contributed by atoms with Crippen LogP contribution in [0.4, 0.5) is 34.1 Å². The van der Waals surface area contributed by atoms with E-state index in [-0.39, 0.29) is 0 Å². The lowest BCUT2D eigenvalue weighted by Crippen LogP contribution is -2.10. The summed E-state index contributed by atoms with van der Waals surface area (Å²) in [6.45, 7) is 0. The average molecular weight is 742 g/mol. The molecule has 1 aliphatic carbocycles. The van der Waals surface area contributed by atoms with Crippen LogP contribution in [-0.4, -0.2) is 4.57 Å². The number of hydrogen-bond donors (Lipinski definition) is 0. The lowest BCUT2D eigenvalue weighted by molar-refractivity contribution is 1.18. The van der Waals surface area contributed by atoms with Gasteiger partial charge >= 0.3 is 0 Å². The smallest absolute Gasteiger partial charge is 0.0561 e. The highest BCUT2D eigenvalue weighted by Gasteiger charge is 2.22. The lowest BCUT2D eigenvalue weighted by Gasteiger charge is -2.27. The molecule has 274 valence electrons. The van der Waals surface area contributed by atoms with Gasteiger partial charge < -0.3 is 14.4 Å². The normalized spacial score (nSPS) is 11.7. The predicted molar refractivity (Wildman–Crippen MR) is 244 cm³/mol. The fraction of sp³-hybridized carbons (Fsp3) is 0.0182. The molecule has 1 aromatic heterocycles. The highest BCUT2D eigenvalue weighted by Crippen LogP contribution is 2.44. The SMILES string of the molecule is c1ccc(N(c2ccccc2)c2ccc(-c3ccc(N(c4ccc5c(c4)Cc4ccccc4-5)c4ccc5c6ccccc6n(-c6ccccc6)c5c4)cc3)cc2)cc1. The van der Waals surface area contributed by atoms with Gasteiger partial charge in [-0.05, 0) is 131 Å². The molecule has 0 aliphatic heterocycles. The summed E-state index contributed by atoms with van der Waals surface area (Å²) in [7, 11) is 0. The van der Waals surface area contributed by atoms with Crippen LogP contribution in [-0.2, 0) is 6.42 Å². The van der Waals surface area contributed by atoms with E-state index in [1.165, 1.54) is 55.2 Å². The first-order chi connectivity index (χ1) is 28.8. The van der Waals surface area contributed by atoms with Crippen molar-refractivity contribution in [1.82, 2.24) is 4.57 Å². The minimum atomic E-state index is 0.940. The maximum atomic E-state index is 2.42. The number of aromatic nitrogens is 1. The summed E-state index contributed by atoms with van der Waals surface area (Å²) in [5.74, 6) is 0. The molecule has 9 aromatic carbocycles. The van der Waals surface area contributed by atoms with Crippen molar-refractivity contribution in [3.8, 4) is 27.9 Å². The van der Waals surface area contributed by atoms with Crippen molar-refractivity contribution in [3.05, 3.63) is 236 Å². The average Bonchev–Trinajstić information content (AvgIpc) is 3.83. The fourth-order valence-corrected chi connectivity index (χ4v) is 8.88. The first-order valence-corrected chi connectivity index (χ1v) is 20.0. The Kier molecular flexibility index (Phi) is 8.22. The molecule has 0 spiro atoms. The Labute approximate surface area is 338 Å². The molecule has 0 amide bonds. The second-order valence-corrected chi connectivity index (χ2v) is 15.0. The van der Waals surface area contributed by atoms with Crippen LogP contribution >= 0.6 is 0 Å². The third kappa shape index (κ3) is 5.84. The van der Waals surface area contributed by atoms with Gasteiger partial charge in [-0.3, -0.25) is 0 Å². The molecule has 0 bridgehead atoms. The Morgan fingerprint density at radius 1 is 0.310 bits per heavy atom. The van der Waals surface area contributed by atoms with Gasteiger partial charge in [-0.2, -0.15) is 0 Å². The predicted octanol–water partition coefficient (Wildman–Crippen LogP) is 15.0. The van der Waals surface area contributed by atoms with E-state index < -0.39 is 0 Å². The maximum Gasteiger partial charge on any atom is 0.0561 e. The number of para-hydroxylation sites is 4. The minimum Gasteiger partial charge on any atom is -0.311 e. The van der Waals surface area contributed by atoms with Crippen molar-refractivity contribution in [2.24, 2.45) is 0 Å². The van der Waals surface area contributed by atoms with Gasteiger partial charge in [-0.1, -0.05) is 133 Å². The number of hydrogen-bond acceptors (Lipinski definition) is 2. The van der Waals surface area contributed by atoms with Crippen LogP contribution < -0.4 is 9.80 Å². The first kappa shape index (κ1) is 33.7. The summed E-state index contributed by atoms with van der Waals surface area (Å²) in [4.78, 5) is 4.72. The summed E-state index contributed by atoms with van der Waals surface area (Å²) >= 11 is 0. The minimum absolute atomic E-state index is 0.940. The molecule has 58 heavy (non-hydrogen) atoms. The monoisotopic (exact) mass is 741 g/mol. The molecule has 0 fully saturated rings. The summed E-state index contributed by atoms with van der Waals surface area (Å²) in [6, 6.07) is 81.2. The Bertz CT molecular complexity index is 3020. The molecule has 1 aliphatic rings. The van der Waals surface area contributed by atoms with E-state index in [2.05, 4.69) is 239 Å². The second kappa shape index (κ2) is 14.1. The zero-order valence-electron chi connectivity index (χ0n) is 31.9. The van der Waals surface area contributed by atoms with E-state index in [0.29, 0.717) is 0 Å². The lowest BCUT2D eigenvalue weighted by atomic mass is 10.0. The number of fused-ring (bicyclic) bond motifs is 6. The van der Waals surface area contributed by atoms with Gasteiger partial charge in [0.15, 0.2) is 0 Å². The zero-order chi connectivity index (χ0) is 38.4. The standard InChI is InChI=1S/C55H39N3/c1-4-15-43(16-5-1)56(44-17-6-2-7-18-44)46-28-24-39(25-29-46)40-26-30-47(31-27-40)57(48-32-34-51-42(37-48)36-41-14-10-11-21-50(41)51)49-33-35-53-52-22-12-13-23-54(52)58(55(53)38-49)45-19-8-3-9-20-45/h1-35,37-38H,36H2. The van der Waals surface area contributed by atoms with Crippen molar-refractivity contribution in [2.75, 3.05) is 9.80 Å². The van der Waals surface area contributed by atoms with Gasteiger partial charge in [0.1, 0.15) is 0 Å². The van der Waals surface area contributed by atoms with Crippen LogP contribution in [0, 0.1) is 0 Å². The molecule has 0 saturated heterocycles. The van der Waals surface area contributed by atoms with E-state index >= 15 is 0 Å². The van der Waals surface area contributed by atoms with E-state index in [9.17, 15) is 0 Å². The summed E-state index contributed by atoms with van der Waals surface area (Å²) in [6.07, 6.45) is 0.940. The maximum absolute atomic E-state index is 2.42. The van der Waals surface area contributed by atoms with Crippen LogP contribution in [0.15, 0.2) is 224 Å². The quantitative estimate of drug-likeness (QED) is 0.154. The van der Waals surface area contributed by atoms with Crippen molar-refractivity contribution in [3.63, 3.8) is 0 Å². The summed E-state index contributed by atoms with van der Waals surface area (Å²) in [5, 5.41) is 2.49. The Balaban J connectivity index is 1.00. The number of nitrogens with zero attached hydrogens (tertiary/aromatic N) is 3. The zero-order valence-corrected chi connectivity index (χ0v) is 31.9. The molecule has 3 heteroatoms. The van der Waals surface area contributed by atoms with Crippen molar-refractivity contribution in [2.45, 2.75) is 6.42 Å².